The number of hydrogen-bond donors (Lipinski definition) is 0. The number of hydrogen-bond acceptors (Lipinski definition) is 0. The zero-order chi connectivity index (χ0) is 36.6. The maximum atomic E-state index is 8.20. The van der Waals surface area contributed by atoms with Crippen LogP contribution in [0.4, 0.5) is 11.4 Å². The quantitative estimate of drug-likeness (QED) is 0.163. The maximum absolute atomic E-state index is 8.20. The third-order valence-corrected chi connectivity index (χ3v) is 11.0. The Labute approximate surface area is 316 Å². The zero-order valence-electron chi connectivity index (χ0n) is 29.5. The summed E-state index contributed by atoms with van der Waals surface area (Å²) in [5, 5.41) is 6.98. The lowest BCUT2D eigenvalue weighted by atomic mass is 10.0. The van der Waals surface area contributed by atoms with Crippen molar-refractivity contribution in [3.63, 3.8) is 0 Å². The Balaban J connectivity index is 1.19. The molecule has 5 heteroatoms. The molecule has 11 aromatic rings. The molecule has 0 aliphatic rings. The summed E-state index contributed by atoms with van der Waals surface area (Å²) in [7, 11) is 0. The van der Waals surface area contributed by atoms with Crippen LogP contribution in [-0.2, 0) is 0 Å². The Morgan fingerprint density at radius 1 is 0.345 bits per heavy atom. The minimum atomic E-state index is 0.547. The molecule has 3 heterocycles. The molecule has 0 N–H and O–H groups in total. The molecule has 3 aromatic heterocycles. The van der Waals surface area contributed by atoms with Crippen molar-refractivity contribution in [3.05, 3.63) is 199 Å². The molecular weight excluding hydrogens is 671 g/mol. The second kappa shape index (κ2) is 11.8. The van der Waals surface area contributed by atoms with Crippen molar-refractivity contribution in [2.45, 2.75) is 0 Å². The molecular formula is C50H29N5. The van der Waals surface area contributed by atoms with Crippen molar-refractivity contribution in [2.24, 2.45) is 0 Å². The van der Waals surface area contributed by atoms with Crippen LogP contribution in [-0.4, -0.2) is 13.7 Å². The van der Waals surface area contributed by atoms with Gasteiger partial charge in [0.15, 0.2) is 11.4 Å². The van der Waals surface area contributed by atoms with Crippen LogP contribution < -0.4 is 0 Å². The van der Waals surface area contributed by atoms with E-state index in [1.165, 1.54) is 32.6 Å². The molecule has 0 fully saturated rings. The summed E-state index contributed by atoms with van der Waals surface area (Å²) in [5.41, 5.74) is 12.6. The van der Waals surface area contributed by atoms with Crippen LogP contribution >= 0.6 is 0 Å². The molecule has 0 unspecified atom stereocenters. The molecule has 0 atom stereocenters. The molecule has 0 amide bonds. The van der Waals surface area contributed by atoms with E-state index in [4.69, 9.17) is 13.1 Å². The molecule has 0 bridgehead atoms. The maximum Gasteiger partial charge on any atom is 0.189 e. The Morgan fingerprint density at radius 2 is 0.855 bits per heavy atom. The van der Waals surface area contributed by atoms with Crippen LogP contribution in [0.15, 0.2) is 176 Å². The van der Waals surface area contributed by atoms with Gasteiger partial charge >= 0.3 is 0 Å². The van der Waals surface area contributed by atoms with Gasteiger partial charge in [-0.15, -0.1) is 0 Å². The number of fused-ring (bicyclic) bond motifs is 9. The monoisotopic (exact) mass is 699 g/mol. The minimum absolute atomic E-state index is 0.547. The van der Waals surface area contributed by atoms with E-state index < -0.39 is 0 Å². The van der Waals surface area contributed by atoms with Crippen molar-refractivity contribution in [1.82, 2.24) is 13.7 Å². The van der Waals surface area contributed by atoms with Crippen molar-refractivity contribution < 1.29 is 0 Å². The van der Waals surface area contributed by atoms with Gasteiger partial charge < -0.3 is 13.7 Å². The first-order valence-electron chi connectivity index (χ1n) is 18.3. The minimum Gasteiger partial charge on any atom is -0.312 e. The first kappa shape index (κ1) is 30.7. The fraction of sp³-hybridized carbons (Fsp3) is 0. The predicted octanol–water partition coefficient (Wildman–Crippen LogP) is 13.7. The van der Waals surface area contributed by atoms with Gasteiger partial charge in [0.25, 0.3) is 0 Å². The third-order valence-electron chi connectivity index (χ3n) is 11.0. The van der Waals surface area contributed by atoms with Gasteiger partial charge in [-0.25, -0.2) is 9.69 Å². The topological polar surface area (TPSA) is 23.5 Å². The number of nitrogens with zero attached hydrogens (tertiary/aromatic N) is 5. The summed E-state index contributed by atoms with van der Waals surface area (Å²) in [6.45, 7) is 15.9. The Bertz CT molecular complexity index is 3420. The van der Waals surface area contributed by atoms with E-state index in [1.54, 1.807) is 0 Å². The third kappa shape index (κ3) is 4.45. The number of para-hydroxylation sites is 5. The van der Waals surface area contributed by atoms with E-state index in [0.717, 1.165) is 61.0 Å². The van der Waals surface area contributed by atoms with Gasteiger partial charge in [-0.2, -0.15) is 0 Å². The first-order chi connectivity index (χ1) is 27.2. The molecule has 254 valence electrons. The van der Waals surface area contributed by atoms with Gasteiger partial charge in [-0.3, -0.25) is 0 Å². The van der Waals surface area contributed by atoms with Gasteiger partial charge in [0.2, 0.25) is 0 Å². The summed E-state index contributed by atoms with van der Waals surface area (Å²) >= 11 is 0. The van der Waals surface area contributed by atoms with Gasteiger partial charge in [0, 0.05) is 49.1 Å². The number of aromatic nitrogens is 3. The lowest BCUT2D eigenvalue weighted by Gasteiger charge is -2.17. The Hall–Kier alpha value is -7.86. The SMILES string of the molecule is [C-]#[N+]c1cc(-c2ccccc2-n2c3ccccc3c3c(-n4c5ccccc5c5ccccc54)cccc32)cc(-n2c3ccccc3c3ccc([N+]#[C-])cc32)c1. The summed E-state index contributed by atoms with van der Waals surface area (Å²) in [6, 6.07) is 61.4. The van der Waals surface area contributed by atoms with E-state index in [2.05, 4.69) is 157 Å². The first-order valence-corrected chi connectivity index (χ1v) is 18.3. The second-order valence-corrected chi connectivity index (χ2v) is 13.9. The number of rotatable bonds is 4. The molecule has 0 aliphatic heterocycles. The highest BCUT2D eigenvalue weighted by Gasteiger charge is 2.21. The fourth-order valence-corrected chi connectivity index (χ4v) is 8.79. The van der Waals surface area contributed by atoms with Crippen LogP contribution in [0.2, 0.25) is 0 Å². The van der Waals surface area contributed by atoms with Crippen molar-refractivity contribution >= 4 is 76.8 Å². The van der Waals surface area contributed by atoms with Gasteiger partial charge in [-0.1, -0.05) is 109 Å². The molecule has 0 aliphatic carbocycles. The molecule has 11 rings (SSSR count). The highest BCUT2D eigenvalue weighted by molar-refractivity contribution is 6.17. The summed E-state index contributed by atoms with van der Waals surface area (Å²) < 4.78 is 6.98. The van der Waals surface area contributed by atoms with Crippen LogP contribution in [0.1, 0.15) is 0 Å². The van der Waals surface area contributed by atoms with Crippen LogP contribution in [0.25, 0.3) is 103 Å². The molecule has 8 aromatic carbocycles. The molecule has 5 nitrogen and oxygen atoms in total. The van der Waals surface area contributed by atoms with Crippen LogP contribution in [0, 0.1) is 13.1 Å². The second-order valence-electron chi connectivity index (χ2n) is 13.9. The largest absolute Gasteiger partial charge is 0.312 e. The average molecular weight is 700 g/mol. The van der Waals surface area contributed by atoms with Gasteiger partial charge in [0.05, 0.1) is 52.1 Å². The van der Waals surface area contributed by atoms with Crippen molar-refractivity contribution in [2.75, 3.05) is 0 Å². The van der Waals surface area contributed by atoms with E-state index in [0.29, 0.717) is 11.4 Å². The van der Waals surface area contributed by atoms with Crippen molar-refractivity contribution in [3.8, 4) is 28.2 Å². The van der Waals surface area contributed by atoms with E-state index in [9.17, 15) is 0 Å². The predicted molar refractivity (Wildman–Crippen MR) is 227 cm³/mol. The smallest absolute Gasteiger partial charge is 0.189 e. The van der Waals surface area contributed by atoms with Gasteiger partial charge in [-0.05, 0) is 72.3 Å². The van der Waals surface area contributed by atoms with E-state index in [-0.39, 0.29) is 0 Å². The Morgan fingerprint density at radius 3 is 1.53 bits per heavy atom. The highest BCUT2D eigenvalue weighted by Crippen LogP contribution is 2.43. The van der Waals surface area contributed by atoms with E-state index >= 15 is 0 Å². The summed E-state index contributed by atoms with van der Waals surface area (Å²) in [4.78, 5) is 7.73. The fourth-order valence-electron chi connectivity index (χ4n) is 8.79. The highest BCUT2D eigenvalue weighted by atomic mass is 15.0. The van der Waals surface area contributed by atoms with Gasteiger partial charge in [0.1, 0.15) is 0 Å². The Kier molecular flexibility index (Phi) is 6.61. The molecule has 0 spiro atoms. The summed E-state index contributed by atoms with van der Waals surface area (Å²) in [5.74, 6) is 0. The number of benzene rings is 8. The van der Waals surface area contributed by atoms with E-state index in [1.807, 2.05) is 42.5 Å². The lowest BCUT2D eigenvalue weighted by Crippen LogP contribution is -1.99. The normalized spacial score (nSPS) is 11.6. The molecule has 0 radical (unpaired) electrons. The molecule has 55 heavy (non-hydrogen) atoms. The van der Waals surface area contributed by atoms with Crippen molar-refractivity contribution in [1.29, 1.82) is 0 Å². The molecule has 0 saturated heterocycles. The van der Waals surface area contributed by atoms with Crippen LogP contribution in [0.5, 0.6) is 0 Å². The molecule has 0 saturated carbocycles. The van der Waals surface area contributed by atoms with Crippen LogP contribution in [0.3, 0.4) is 0 Å². The lowest BCUT2D eigenvalue weighted by molar-refractivity contribution is 1.17. The summed E-state index contributed by atoms with van der Waals surface area (Å²) in [6.07, 6.45) is 0. The standard InChI is InChI=1S/C50H29N5/c1-51-33-26-27-40-39-17-4-9-20-43(39)53(49(40)31-33)35-29-32(28-34(30-35)52-2)36-14-3-8-19-42(36)54-46-23-12-7-18-41(46)50-47(54)24-13-25-48(50)55-44-21-10-5-15-37(44)38-16-6-11-22-45(38)55/h3-31H. The average Bonchev–Trinajstić information content (AvgIpc) is 3.89. The zero-order valence-corrected chi connectivity index (χ0v) is 29.5.